The second kappa shape index (κ2) is 6.71. The molecule has 96 valence electrons. The molecule has 0 radical (unpaired) electrons. The van der Waals surface area contributed by atoms with Gasteiger partial charge in [-0.2, -0.15) is 0 Å². The maximum absolute atomic E-state index is 12.0. The second-order valence-corrected chi connectivity index (χ2v) is 3.90. The van der Waals surface area contributed by atoms with Crippen molar-refractivity contribution in [1.29, 1.82) is 0 Å². The van der Waals surface area contributed by atoms with Gasteiger partial charge in [0.15, 0.2) is 0 Å². The molecule has 0 aliphatic rings. The predicted octanol–water partition coefficient (Wildman–Crippen LogP) is 1.42. The van der Waals surface area contributed by atoms with Crippen molar-refractivity contribution in [3.63, 3.8) is 0 Å². The summed E-state index contributed by atoms with van der Waals surface area (Å²) in [6.07, 6.45) is 1.67. The van der Waals surface area contributed by atoms with Crippen LogP contribution >= 0.6 is 0 Å². The molecule has 1 aromatic carbocycles. The third-order valence-corrected chi connectivity index (χ3v) is 2.68. The van der Waals surface area contributed by atoms with E-state index >= 15 is 0 Å². The largest absolute Gasteiger partial charge is 0.468 e. The summed E-state index contributed by atoms with van der Waals surface area (Å²) in [6.45, 7) is 3.52. The number of carbonyl (C=O) groups is 2. The first kappa shape index (κ1) is 14.1. The third-order valence-electron chi connectivity index (χ3n) is 2.68. The van der Waals surface area contributed by atoms with Crippen molar-refractivity contribution in [3.05, 3.63) is 48.6 Å². The molecule has 0 aromatic heterocycles. The van der Waals surface area contributed by atoms with Crippen molar-refractivity contribution in [1.82, 2.24) is 0 Å². The third kappa shape index (κ3) is 3.28. The SMILES string of the molecule is C=CCC(=O)C(c1ccccc1)C(N)C(=O)OC. The summed E-state index contributed by atoms with van der Waals surface area (Å²) >= 11 is 0. The molecule has 0 amide bonds. The van der Waals surface area contributed by atoms with Gasteiger partial charge in [-0.1, -0.05) is 36.4 Å². The molecule has 0 saturated heterocycles. The fourth-order valence-corrected chi connectivity index (χ4v) is 1.80. The minimum absolute atomic E-state index is 0.144. The van der Waals surface area contributed by atoms with Crippen LogP contribution in [0.4, 0.5) is 0 Å². The fourth-order valence-electron chi connectivity index (χ4n) is 1.80. The molecule has 2 atom stereocenters. The van der Waals surface area contributed by atoms with Crippen molar-refractivity contribution in [2.45, 2.75) is 18.4 Å². The van der Waals surface area contributed by atoms with Gasteiger partial charge >= 0.3 is 5.97 Å². The molecule has 0 aliphatic carbocycles. The van der Waals surface area contributed by atoms with E-state index in [1.165, 1.54) is 13.2 Å². The van der Waals surface area contributed by atoms with Crippen molar-refractivity contribution in [2.75, 3.05) is 7.11 Å². The number of hydrogen-bond donors (Lipinski definition) is 1. The van der Waals surface area contributed by atoms with Crippen molar-refractivity contribution < 1.29 is 14.3 Å². The number of rotatable bonds is 6. The highest BCUT2D eigenvalue weighted by Crippen LogP contribution is 2.22. The van der Waals surface area contributed by atoms with E-state index in [0.29, 0.717) is 5.56 Å². The number of ketones is 1. The molecule has 2 N–H and O–H groups in total. The molecule has 0 bridgehead atoms. The molecule has 0 spiro atoms. The maximum Gasteiger partial charge on any atom is 0.323 e. The van der Waals surface area contributed by atoms with Gasteiger partial charge in [-0.05, 0) is 5.56 Å². The van der Waals surface area contributed by atoms with Crippen molar-refractivity contribution >= 4 is 11.8 Å². The van der Waals surface area contributed by atoms with Gasteiger partial charge in [0.05, 0.1) is 13.0 Å². The van der Waals surface area contributed by atoms with E-state index in [1.807, 2.05) is 6.07 Å². The smallest absolute Gasteiger partial charge is 0.323 e. The summed E-state index contributed by atoms with van der Waals surface area (Å²) in [5.41, 5.74) is 6.52. The average Bonchev–Trinajstić information content (AvgIpc) is 2.39. The average molecular weight is 247 g/mol. The van der Waals surface area contributed by atoms with Crippen LogP contribution < -0.4 is 5.73 Å². The molecule has 18 heavy (non-hydrogen) atoms. The van der Waals surface area contributed by atoms with E-state index in [4.69, 9.17) is 5.73 Å². The zero-order valence-electron chi connectivity index (χ0n) is 10.3. The number of ether oxygens (including phenoxy) is 1. The molecule has 0 saturated carbocycles. The number of nitrogens with two attached hydrogens (primary N) is 1. The number of methoxy groups -OCH3 is 1. The van der Waals surface area contributed by atoms with Crippen molar-refractivity contribution in [3.8, 4) is 0 Å². The Hall–Kier alpha value is -1.94. The molecule has 4 nitrogen and oxygen atoms in total. The molecule has 2 unspecified atom stereocenters. The van der Waals surface area contributed by atoms with Crippen LogP contribution in [0.3, 0.4) is 0 Å². The first-order valence-corrected chi connectivity index (χ1v) is 5.63. The minimum atomic E-state index is -0.996. The first-order valence-electron chi connectivity index (χ1n) is 5.63. The van der Waals surface area contributed by atoms with E-state index in [-0.39, 0.29) is 12.2 Å². The van der Waals surface area contributed by atoms with Crippen LogP contribution in [0, 0.1) is 0 Å². The lowest BCUT2D eigenvalue weighted by Gasteiger charge is -2.20. The molecule has 1 rings (SSSR count). The van der Waals surface area contributed by atoms with Gasteiger partial charge in [0.2, 0.25) is 0 Å². The van der Waals surface area contributed by atoms with Crippen LogP contribution in [0.25, 0.3) is 0 Å². The van der Waals surface area contributed by atoms with E-state index in [0.717, 1.165) is 0 Å². The summed E-state index contributed by atoms with van der Waals surface area (Å²) < 4.78 is 4.60. The van der Waals surface area contributed by atoms with Crippen LogP contribution in [0.5, 0.6) is 0 Å². The van der Waals surface area contributed by atoms with Crippen LogP contribution in [-0.2, 0) is 14.3 Å². The normalized spacial score (nSPS) is 13.4. The number of benzene rings is 1. The van der Waals surface area contributed by atoms with E-state index in [2.05, 4.69) is 11.3 Å². The highest BCUT2D eigenvalue weighted by Gasteiger charge is 2.31. The Morgan fingerprint density at radius 2 is 2.00 bits per heavy atom. The molecule has 0 heterocycles. The lowest BCUT2D eigenvalue weighted by Crippen LogP contribution is -2.41. The number of hydrogen-bond acceptors (Lipinski definition) is 4. The molecular formula is C14H17NO3. The van der Waals surface area contributed by atoms with Crippen LogP contribution in [-0.4, -0.2) is 24.9 Å². The van der Waals surface area contributed by atoms with Crippen LogP contribution in [0.1, 0.15) is 17.9 Å². The van der Waals surface area contributed by atoms with E-state index in [9.17, 15) is 9.59 Å². The standard InChI is InChI=1S/C14H17NO3/c1-3-7-11(16)12(13(15)14(17)18-2)10-8-5-4-6-9-10/h3-6,8-9,12-13H,1,7,15H2,2H3. The summed E-state index contributed by atoms with van der Waals surface area (Å²) in [5, 5.41) is 0. The van der Waals surface area contributed by atoms with Gasteiger partial charge in [-0.25, -0.2) is 0 Å². The number of Topliss-reactive ketones (excluding diaryl/α,β-unsaturated/α-hetero) is 1. The topological polar surface area (TPSA) is 69.4 Å². The highest BCUT2D eigenvalue weighted by molar-refractivity contribution is 5.93. The zero-order chi connectivity index (χ0) is 13.5. The van der Waals surface area contributed by atoms with Gasteiger partial charge in [-0.15, -0.1) is 6.58 Å². The quantitative estimate of drug-likeness (QED) is 0.609. The number of esters is 1. The highest BCUT2D eigenvalue weighted by atomic mass is 16.5. The zero-order valence-corrected chi connectivity index (χ0v) is 10.3. The van der Waals surface area contributed by atoms with Gasteiger partial charge in [0, 0.05) is 6.42 Å². The monoisotopic (exact) mass is 247 g/mol. The van der Waals surface area contributed by atoms with Crippen molar-refractivity contribution in [2.24, 2.45) is 5.73 Å². The van der Waals surface area contributed by atoms with Gasteiger partial charge in [0.25, 0.3) is 0 Å². The fraction of sp³-hybridized carbons (Fsp3) is 0.286. The Morgan fingerprint density at radius 1 is 1.39 bits per heavy atom. The lowest BCUT2D eigenvalue weighted by molar-refractivity contribution is -0.144. The van der Waals surface area contributed by atoms with E-state index in [1.54, 1.807) is 24.3 Å². The molecule has 0 fully saturated rings. The summed E-state index contributed by atoms with van der Waals surface area (Å²) in [6, 6.07) is 7.98. The van der Waals surface area contributed by atoms with Gasteiger partial charge in [-0.3, -0.25) is 9.59 Å². The molecule has 4 heteroatoms. The molecule has 0 aliphatic heterocycles. The first-order chi connectivity index (χ1) is 8.61. The number of allylic oxidation sites excluding steroid dienone is 1. The number of carbonyl (C=O) groups excluding carboxylic acids is 2. The van der Waals surface area contributed by atoms with E-state index < -0.39 is 17.9 Å². The Bertz CT molecular complexity index is 428. The molecular weight excluding hydrogens is 230 g/mol. The Morgan fingerprint density at radius 3 is 2.50 bits per heavy atom. The second-order valence-electron chi connectivity index (χ2n) is 3.90. The predicted molar refractivity (Wildman–Crippen MR) is 69.0 cm³/mol. The maximum atomic E-state index is 12.0. The summed E-state index contributed by atoms with van der Waals surface area (Å²) in [7, 11) is 1.25. The van der Waals surface area contributed by atoms with Crippen LogP contribution in [0.2, 0.25) is 0 Å². The van der Waals surface area contributed by atoms with Gasteiger partial charge in [0.1, 0.15) is 11.8 Å². The van der Waals surface area contributed by atoms with Gasteiger partial charge < -0.3 is 10.5 Å². The Kier molecular flexibility index (Phi) is 5.27. The van der Waals surface area contributed by atoms with Crippen LogP contribution in [0.15, 0.2) is 43.0 Å². The summed E-state index contributed by atoms with van der Waals surface area (Å²) in [4.78, 5) is 23.6. The summed E-state index contributed by atoms with van der Waals surface area (Å²) in [5.74, 6) is -1.44. The Labute approximate surface area is 106 Å². The molecule has 1 aromatic rings. The lowest BCUT2D eigenvalue weighted by atomic mass is 9.87. The Balaban J connectivity index is 3.06. The minimum Gasteiger partial charge on any atom is -0.468 e.